The Morgan fingerprint density at radius 2 is 1.93 bits per heavy atom. The average molecular weight is 383 g/mol. The van der Waals surface area contributed by atoms with Gasteiger partial charge in [0, 0.05) is 29.6 Å². The molecule has 144 valence electrons. The van der Waals surface area contributed by atoms with Crippen molar-refractivity contribution in [3.8, 4) is 6.07 Å². The second-order valence-corrected chi connectivity index (χ2v) is 7.06. The molecule has 2 aromatic carbocycles. The molecule has 0 bridgehead atoms. The molecule has 0 unspecified atom stereocenters. The minimum absolute atomic E-state index is 0.0993. The first-order chi connectivity index (χ1) is 14.2. The van der Waals surface area contributed by atoms with Gasteiger partial charge in [-0.05, 0) is 31.2 Å². The number of ketones is 1. The van der Waals surface area contributed by atoms with Crippen LogP contribution < -0.4 is 4.90 Å². The Labute approximate surface area is 169 Å². The van der Waals surface area contributed by atoms with Gasteiger partial charge in [0.05, 0.1) is 18.7 Å². The highest BCUT2D eigenvalue weighted by Crippen LogP contribution is 2.27. The Morgan fingerprint density at radius 1 is 1.14 bits per heavy atom. The second-order valence-electron chi connectivity index (χ2n) is 7.06. The highest BCUT2D eigenvalue weighted by atomic mass is 16.5. The van der Waals surface area contributed by atoms with E-state index in [0.29, 0.717) is 18.8 Å². The SMILES string of the molecule is Cc1cccc(C(=O)/C(C#N)=C/c2cc3ccccc3nc2N2CCOCC2)c1. The largest absolute Gasteiger partial charge is 0.378 e. The van der Waals surface area contributed by atoms with Crippen molar-refractivity contribution in [3.63, 3.8) is 0 Å². The Hall–Kier alpha value is -3.49. The van der Waals surface area contributed by atoms with Crippen molar-refractivity contribution in [2.24, 2.45) is 0 Å². The zero-order chi connectivity index (χ0) is 20.2. The number of pyridine rings is 1. The third-order valence-electron chi connectivity index (χ3n) is 4.99. The van der Waals surface area contributed by atoms with E-state index in [1.54, 1.807) is 18.2 Å². The van der Waals surface area contributed by atoms with Crippen LogP contribution in [-0.2, 0) is 4.74 Å². The van der Waals surface area contributed by atoms with Gasteiger partial charge in [-0.25, -0.2) is 4.98 Å². The van der Waals surface area contributed by atoms with Gasteiger partial charge in [0.2, 0.25) is 5.78 Å². The average Bonchev–Trinajstić information content (AvgIpc) is 2.77. The molecule has 0 saturated carbocycles. The van der Waals surface area contributed by atoms with E-state index in [1.165, 1.54) is 0 Å². The number of hydrogen-bond donors (Lipinski definition) is 0. The number of morpholine rings is 1. The highest BCUT2D eigenvalue weighted by molar-refractivity contribution is 6.14. The van der Waals surface area contributed by atoms with Crippen LogP contribution in [0, 0.1) is 18.3 Å². The Morgan fingerprint density at radius 3 is 2.69 bits per heavy atom. The zero-order valence-corrected chi connectivity index (χ0v) is 16.3. The van der Waals surface area contributed by atoms with Crippen molar-refractivity contribution in [1.29, 1.82) is 5.26 Å². The van der Waals surface area contributed by atoms with Crippen LogP contribution in [0.25, 0.3) is 17.0 Å². The number of aryl methyl sites for hydroxylation is 1. The van der Waals surface area contributed by atoms with Crippen molar-refractivity contribution in [2.45, 2.75) is 6.92 Å². The van der Waals surface area contributed by atoms with Crippen LogP contribution in [0.5, 0.6) is 0 Å². The summed E-state index contributed by atoms with van der Waals surface area (Å²) in [5.41, 5.74) is 3.24. The number of aromatic nitrogens is 1. The molecule has 1 aromatic heterocycles. The van der Waals surface area contributed by atoms with Crippen LogP contribution in [0.15, 0.2) is 60.2 Å². The van der Waals surface area contributed by atoms with Crippen molar-refractivity contribution in [1.82, 2.24) is 4.98 Å². The molecule has 0 spiro atoms. The molecular formula is C24H21N3O2. The minimum Gasteiger partial charge on any atom is -0.378 e. The topological polar surface area (TPSA) is 66.2 Å². The molecule has 1 saturated heterocycles. The number of nitrogens with zero attached hydrogens (tertiary/aromatic N) is 3. The highest BCUT2D eigenvalue weighted by Gasteiger charge is 2.19. The predicted molar refractivity (Wildman–Crippen MR) is 114 cm³/mol. The molecule has 4 rings (SSSR count). The third-order valence-corrected chi connectivity index (χ3v) is 4.99. The molecule has 0 aliphatic carbocycles. The van der Waals surface area contributed by atoms with Gasteiger partial charge < -0.3 is 9.64 Å². The van der Waals surface area contributed by atoms with Gasteiger partial charge in [-0.15, -0.1) is 0 Å². The first-order valence-corrected chi connectivity index (χ1v) is 9.61. The number of carbonyl (C=O) groups excluding carboxylic acids is 1. The Balaban J connectivity index is 1.82. The molecule has 1 fully saturated rings. The van der Waals surface area contributed by atoms with Gasteiger partial charge in [0.1, 0.15) is 17.5 Å². The lowest BCUT2D eigenvalue weighted by atomic mass is 10.00. The van der Waals surface area contributed by atoms with E-state index in [9.17, 15) is 10.1 Å². The van der Waals surface area contributed by atoms with E-state index in [0.717, 1.165) is 40.9 Å². The first kappa shape index (κ1) is 18.9. The van der Waals surface area contributed by atoms with Crippen LogP contribution in [0.2, 0.25) is 0 Å². The summed E-state index contributed by atoms with van der Waals surface area (Å²) in [5, 5.41) is 10.7. The number of para-hydroxylation sites is 1. The predicted octanol–water partition coefficient (Wildman–Crippen LogP) is 4.17. The molecule has 2 heterocycles. The molecule has 3 aromatic rings. The van der Waals surface area contributed by atoms with Gasteiger partial charge in [-0.1, -0.05) is 42.0 Å². The van der Waals surface area contributed by atoms with E-state index >= 15 is 0 Å². The molecular weight excluding hydrogens is 362 g/mol. The maximum Gasteiger partial charge on any atom is 0.203 e. The van der Waals surface area contributed by atoms with Gasteiger partial charge >= 0.3 is 0 Å². The summed E-state index contributed by atoms with van der Waals surface area (Å²) in [6.45, 7) is 4.63. The summed E-state index contributed by atoms with van der Waals surface area (Å²) in [6, 6.07) is 19.2. The lowest BCUT2D eigenvalue weighted by Crippen LogP contribution is -2.37. The first-order valence-electron chi connectivity index (χ1n) is 9.61. The van der Waals surface area contributed by atoms with Crippen molar-refractivity contribution < 1.29 is 9.53 Å². The number of benzene rings is 2. The Kier molecular flexibility index (Phi) is 5.37. The lowest BCUT2D eigenvalue weighted by molar-refractivity contribution is 0.104. The molecule has 1 aliphatic heterocycles. The fraction of sp³-hybridized carbons (Fsp3) is 0.208. The summed E-state index contributed by atoms with van der Waals surface area (Å²) in [6.07, 6.45) is 1.66. The maximum absolute atomic E-state index is 12.9. The van der Waals surface area contributed by atoms with Crippen molar-refractivity contribution >= 4 is 28.6 Å². The number of anilines is 1. The lowest BCUT2D eigenvalue weighted by Gasteiger charge is -2.29. The summed E-state index contributed by atoms with van der Waals surface area (Å²) >= 11 is 0. The Bertz CT molecular complexity index is 1140. The maximum atomic E-state index is 12.9. The van der Waals surface area contributed by atoms with Gasteiger partial charge in [0.15, 0.2) is 0 Å². The quantitative estimate of drug-likeness (QED) is 0.384. The molecule has 5 nitrogen and oxygen atoms in total. The number of ether oxygens (including phenoxy) is 1. The zero-order valence-electron chi connectivity index (χ0n) is 16.3. The number of nitriles is 1. The van der Waals surface area contributed by atoms with Gasteiger partial charge in [-0.3, -0.25) is 4.79 Å². The molecule has 0 radical (unpaired) electrons. The van der Waals surface area contributed by atoms with E-state index < -0.39 is 0 Å². The van der Waals surface area contributed by atoms with E-state index in [4.69, 9.17) is 9.72 Å². The fourth-order valence-electron chi connectivity index (χ4n) is 3.50. The fourth-order valence-corrected chi connectivity index (χ4v) is 3.50. The number of carbonyl (C=O) groups is 1. The number of rotatable bonds is 4. The summed E-state index contributed by atoms with van der Waals surface area (Å²) in [5.74, 6) is 0.495. The standard InChI is InChI=1S/C24H21N3O2/c1-17-5-4-7-19(13-17)23(28)21(16-25)15-20-14-18-6-2-3-8-22(18)26-24(20)27-9-11-29-12-10-27/h2-8,13-15H,9-12H2,1H3/b21-15+. The van der Waals surface area contributed by atoms with E-state index in [-0.39, 0.29) is 11.4 Å². The van der Waals surface area contributed by atoms with Crippen molar-refractivity contribution in [3.05, 3.63) is 76.9 Å². The van der Waals surface area contributed by atoms with Crippen LogP contribution in [0.3, 0.4) is 0 Å². The molecule has 0 amide bonds. The molecule has 0 atom stereocenters. The second kappa shape index (κ2) is 8.26. The monoisotopic (exact) mass is 383 g/mol. The van der Waals surface area contributed by atoms with Crippen LogP contribution in [0.4, 0.5) is 5.82 Å². The van der Waals surface area contributed by atoms with Crippen molar-refractivity contribution in [2.75, 3.05) is 31.2 Å². The number of Topliss-reactive ketones (excluding diaryl/α,β-unsaturated/α-hetero) is 1. The molecule has 29 heavy (non-hydrogen) atoms. The van der Waals surface area contributed by atoms with Crippen LogP contribution in [-0.4, -0.2) is 37.1 Å². The van der Waals surface area contributed by atoms with Crippen LogP contribution >= 0.6 is 0 Å². The summed E-state index contributed by atoms with van der Waals surface area (Å²) < 4.78 is 5.47. The molecule has 0 N–H and O–H groups in total. The smallest absolute Gasteiger partial charge is 0.203 e. The van der Waals surface area contributed by atoms with Gasteiger partial charge in [-0.2, -0.15) is 5.26 Å². The van der Waals surface area contributed by atoms with E-state index in [1.807, 2.05) is 49.4 Å². The number of hydrogen-bond acceptors (Lipinski definition) is 5. The molecule has 5 heteroatoms. The van der Waals surface area contributed by atoms with E-state index in [2.05, 4.69) is 11.0 Å². The minimum atomic E-state index is -0.280. The normalized spacial score (nSPS) is 14.6. The number of fused-ring (bicyclic) bond motifs is 1. The number of allylic oxidation sites excluding steroid dienone is 1. The van der Waals surface area contributed by atoms with Gasteiger partial charge in [0.25, 0.3) is 0 Å². The molecule has 1 aliphatic rings. The summed E-state index contributed by atoms with van der Waals surface area (Å²) in [7, 11) is 0. The third kappa shape index (κ3) is 4.03. The van der Waals surface area contributed by atoms with Crippen LogP contribution in [0.1, 0.15) is 21.5 Å². The summed E-state index contributed by atoms with van der Waals surface area (Å²) in [4.78, 5) is 19.9.